The highest BCUT2D eigenvalue weighted by molar-refractivity contribution is 6.29. The largest absolute Gasteiger partial charge is 0.411 e. The van der Waals surface area contributed by atoms with Crippen molar-refractivity contribution in [1.29, 1.82) is 0 Å². The lowest BCUT2D eigenvalue weighted by Gasteiger charge is -2.28. The Hall–Kier alpha value is -0.760. The molecule has 0 saturated heterocycles. The van der Waals surface area contributed by atoms with E-state index in [0.29, 0.717) is 17.8 Å². The number of hydrogen-bond acceptors (Lipinski definition) is 2. The average molecular weight is 238 g/mol. The maximum absolute atomic E-state index is 9.10. The van der Waals surface area contributed by atoms with Crippen LogP contribution in [0.1, 0.15) is 32.6 Å². The number of fused-ring (bicyclic) bond motifs is 5. The molecule has 0 heterocycles. The maximum Gasteiger partial charge on any atom is 0.0651 e. The SMILES string of the molecule is C/C(Cl)=C1/[C@H]2CC[C@@H]1C1C2=CCCC1=NO. The minimum absolute atomic E-state index is 0.362. The van der Waals surface area contributed by atoms with Gasteiger partial charge in [-0.1, -0.05) is 28.4 Å². The summed E-state index contributed by atoms with van der Waals surface area (Å²) in [5.41, 5.74) is 3.87. The molecule has 3 atom stereocenters. The van der Waals surface area contributed by atoms with Crippen LogP contribution in [-0.2, 0) is 0 Å². The summed E-state index contributed by atoms with van der Waals surface area (Å²) in [6.45, 7) is 2.00. The van der Waals surface area contributed by atoms with Gasteiger partial charge in [-0.25, -0.2) is 0 Å². The lowest BCUT2D eigenvalue weighted by Crippen LogP contribution is -2.26. The summed E-state index contributed by atoms with van der Waals surface area (Å²) in [4.78, 5) is 0. The maximum atomic E-state index is 9.10. The van der Waals surface area contributed by atoms with Crippen molar-refractivity contribution in [3.05, 3.63) is 22.3 Å². The summed E-state index contributed by atoms with van der Waals surface area (Å²) in [5, 5.41) is 13.6. The van der Waals surface area contributed by atoms with Crippen LogP contribution in [-0.4, -0.2) is 10.9 Å². The number of allylic oxidation sites excluding steroid dienone is 4. The Morgan fingerprint density at radius 3 is 3.00 bits per heavy atom. The highest BCUT2D eigenvalue weighted by Gasteiger charge is 2.50. The first-order valence-corrected chi connectivity index (χ1v) is 6.38. The third-order valence-electron chi connectivity index (χ3n) is 4.37. The summed E-state index contributed by atoms with van der Waals surface area (Å²) in [6.07, 6.45) is 6.70. The quantitative estimate of drug-likeness (QED) is 0.389. The topological polar surface area (TPSA) is 32.6 Å². The third kappa shape index (κ3) is 1.22. The van der Waals surface area contributed by atoms with Crippen molar-refractivity contribution in [2.45, 2.75) is 32.6 Å². The van der Waals surface area contributed by atoms with Crippen LogP contribution in [0.2, 0.25) is 0 Å². The molecule has 0 aromatic rings. The van der Waals surface area contributed by atoms with Crippen LogP contribution in [0.3, 0.4) is 0 Å². The third-order valence-corrected chi connectivity index (χ3v) is 4.59. The minimum Gasteiger partial charge on any atom is -0.411 e. The molecule has 16 heavy (non-hydrogen) atoms. The van der Waals surface area contributed by atoms with Gasteiger partial charge < -0.3 is 5.21 Å². The molecule has 0 aromatic carbocycles. The van der Waals surface area contributed by atoms with Gasteiger partial charge in [-0.2, -0.15) is 0 Å². The Labute approximate surface area is 101 Å². The second kappa shape index (κ2) is 3.63. The molecule has 3 aliphatic carbocycles. The van der Waals surface area contributed by atoms with Crippen molar-refractivity contribution in [3.63, 3.8) is 0 Å². The van der Waals surface area contributed by atoms with Crippen LogP contribution in [0.5, 0.6) is 0 Å². The predicted molar refractivity (Wildman–Crippen MR) is 64.8 cm³/mol. The van der Waals surface area contributed by atoms with Gasteiger partial charge in [-0.05, 0) is 44.1 Å². The smallest absolute Gasteiger partial charge is 0.0651 e. The standard InChI is InChI=1S/C13H16ClNO/c1-7(14)12-9-5-6-10(12)13-8(9)3-2-4-11(13)15-16/h3,9-10,13,16H,2,4-6H2,1H3/b12-7+,15-11?/t9-,10-,13?/m0/s1. The first kappa shape index (κ1) is 10.4. The van der Waals surface area contributed by atoms with Gasteiger partial charge in [-0.3, -0.25) is 0 Å². The molecule has 1 N–H and O–H groups in total. The van der Waals surface area contributed by atoms with Crippen LogP contribution >= 0.6 is 11.6 Å². The van der Waals surface area contributed by atoms with Crippen molar-refractivity contribution in [3.8, 4) is 0 Å². The lowest BCUT2D eigenvalue weighted by molar-refractivity contribution is 0.310. The normalized spacial score (nSPS) is 42.2. The number of halogens is 1. The summed E-state index contributed by atoms with van der Waals surface area (Å²) < 4.78 is 0. The van der Waals surface area contributed by atoms with Crippen LogP contribution in [0.25, 0.3) is 0 Å². The van der Waals surface area contributed by atoms with E-state index >= 15 is 0 Å². The summed E-state index contributed by atoms with van der Waals surface area (Å²) >= 11 is 6.22. The van der Waals surface area contributed by atoms with Gasteiger partial charge in [0, 0.05) is 16.9 Å². The second-order valence-corrected chi connectivity index (χ2v) is 5.60. The van der Waals surface area contributed by atoms with Gasteiger partial charge in [0.15, 0.2) is 0 Å². The highest BCUT2D eigenvalue weighted by Crippen LogP contribution is 2.58. The van der Waals surface area contributed by atoms with Gasteiger partial charge in [0.25, 0.3) is 0 Å². The fourth-order valence-corrected chi connectivity index (χ4v) is 4.17. The van der Waals surface area contributed by atoms with Gasteiger partial charge in [0.2, 0.25) is 0 Å². The molecule has 0 amide bonds. The Kier molecular flexibility index (Phi) is 2.36. The van der Waals surface area contributed by atoms with Gasteiger partial charge in [0.05, 0.1) is 5.71 Å². The molecule has 86 valence electrons. The minimum atomic E-state index is 0.362. The van der Waals surface area contributed by atoms with Gasteiger partial charge in [0.1, 0.15) is 0 Å². The molecule has 0 aromatic heterocycles. The number of nitrogens with zero attached hydrogens (tertiary/aromatic N) is 1. The van der Waals surface area contributed by atoms with E-state index in [2.05, 4.69) is 11.2 Å². The van der Waals surface area contributed by atoms with Crippen molar-refractivity contribution in [2.75, 3.05) is 0 Å². The summed E-state index contributed by atoms with van der Waals surface area (Å²) in [6, 6.07) is 0. The zero-order valence-electron chi connectivity index (χ0n) is 9.41. The van der Waals surface area contributed by atoms with E-state index in [1.54, 1.807) is 0 Å². The molecule has 0 aliphatic heterocycles. The number of hydrogen-bond donors (Lipinski definition) is 1. The molecule has 0 radical (unpaired) electrons. The monoisotopic (exact) mass is 237 g/mol. The van der Waals surface area contributed by atoms with E-state index in [1.807, 2.05) is 6.92 Å². The summed E-state index contributed by atoms with van der Waals surface area (Å²) in [5.74, 6) is 1.42. The summed E-state index contributed by atoms with van der Waals surface area (Å²) in [7, 11) is 0. The van der Waals surface area contributed by atoms with Crippen molar-refractivity contribution < 1.29 is 5.21 Å². The molecular weight excluding hydrogens is 222 g/mol. The van der Waals surface area contributed by atoms with Crippen LogP contribution in [0.4, 0.5) is 0 Å². The van der Waals surface area contributed by atoms with E-state index in [1.165, 1.54) is 24.0 Å². The van der Waals surface area contributed by atoms with Gasteiger partial charge >= 0.3 is 0 Å². The van der Waals surface area contributed by atoms with E-state index in [9.17, 15) is 0 Å². The molecule has 3 aliphatic rings. The molecule has 0 spiro atoms. The molecular formula is C13H16ClNO. The highest BCUT2D eigenvalue weighted by atomic mass is 35.5. The Balaban J connectivity index is 2.10. The Bertz CT molecular complexity index is 418. The van der Waals surface area contributed by atoms with E-state index in [-0.39, 0.29) is 0 Å². The fraction of sp³-hybridized carbons (Fsp3) is 0.615. The molecule has 3 heteroatoms. The van der Waals surface area contributed by atoms with Crippen molar-refractivity contribution in [2.24, 2.45) is 22.9 Å². The average Bonchev–Trinajstić information content (AvgIpc) is 2.84. The van der Waals surface area contributed by atoms with E-state index in [0.717, 1.165) is 23.6 Å². The van der Waals surface area contributed by atoms with Crippen LogP contribution < -0.4 is 0 Å². The Morgan fingerprint density at radius 1 is 1.50 bits per heavy atom. The van der Waals surface area contributed by atoms with Crippen molar-refractivity contribution in [1.82, 2.24) is 0 Å². The van der Waals surface area contributed by atoms with E-state index < -0.39 is 0 Å². The zero-order chi connectivity index (χ0) is 11.3. The fourth-order valence-electron chi connectivity index (χ4n) is 3.90. The Morgan fingerprint density at radius 2 is 2.31 bits per heavy atom. The van der Waals surface area contributed by atoms with Crippen molar-refractivity contribution >= 4 is 17.3 Å². The molecule has 3 rings (SSSR count). The first-order chi connectivity index (χ1) is 7.74. The van der Waals surface area contributed by atoms with Crippen LogP contribution in [0.15, 0.2) is 27.4 Å². The molecule has 2 fully saturated rings. The molecule has 2 nitrogen and oxygen atoms in total. The van der Waals surface area contributed by atoms with Crippen LogP contribution in [0, 0.1) is 17.8 Å². The first-order valence-electron chi connectivity index (χ1n) is 6.01. The molecule has 1 unspecified atom stereocenters. The van der Waals surface area contributed by atoms with Gasteiger partial charge in [-0.15, -0.1) is 0 Å². The second-order valence-electron chi connectivity index (χ2n) is 5.04. The number of rotatable bonds is 0. The van der Waals surface area contributed by atoms with E-state index in [4.69, 9.17) is 16.8 Å². The predicted octanol–water partition coefficient (Wildman–Crippen LogP) is 3.71. The zero-order valence-corrected chi connectivity index (χ0v) is 10.2. The number of oxime groups is 1. The lowest BCUT2D eigenvalue weighted by atomic mass is 9.76. The molecule has 2 saturated carbocycles. The molecule has 2 bridgehead atoms.